The number of hydrogen-bond donors (Lipinski definition) is 1. The van der Waals surface area contributed by atoms with E-state index in [9.17, 15) is 0 Å². The lowest BCUT2D eigenvalue weighted by Crippen LogP contribution is -2.25. The van der Waals surface area contributed by atoms with Gasteiger partial charge >= 0.3 is 0 Å². The minimum Gasteiger partial charge on any atom is -0.337 e. The van der Waals surface area contributed by atoms with Crippen LogP contribution in [0.3, 0.4) is 0 Å². The minimum absolute atomic E-state index is 0.179. The Bertz CT molecular complexity index is 526. The van der Waals surface area contributed by atoms with Gasteiger partial charge in [0, 0.05) is 43.9 Å². The molecule has 2 rings (SSSR count). The molecule has 1 unspecified atom stereocenters. The van der Waals surface area contributed by atoms with Crippen molar-refractivity contribution in [2.45, 2.75) is 39.3 Å². The zero-order valence-corrected chi connectivity index (χ0v) is 12.7. The molecular formula is C16H23N5. The monoisotopic (exact) mass is 285 g/mol. The molecule has 0 fully saturated rings. The van der Waals surface area contributed by atoms with Crippen molar-refractivity contribution in [3.63, 3.8) is 0 Å². The summed E-state index contributed by atoms with van der Waals surface area (Å²) in [5.41, 5.74) is 8.25. The summed E-state index contributed by atoms with van der Waals surface area (Å²) in [5, 5.41) is 0. The highest BCUT2D eigenvalue weighted by molar-refractivity contribution is 5.32. The van der Waals surface area contributed by atoms with Crippen molar-refractivity contribution in [2.24, 2.45) is 5.73 Å². The normalized spacial score (nSPS) is 12.1. The number of nitrogens with zero attached hydrogens (tertiary/aromatic N) is 4. The number of nitrogens with two attached hydrogens (primary N) is 1. The first kappa shape index (κ1) is 15.4. The average molecular weight is 285 g/mol. The van der Waals surface area contributed by atoms with Crippen LogP contribution >= 0.6 is 0 Å². The summed E-state index contributed by atoms with van der Waals surface area (Å²) < 4.78 is 0. The van der Waals surface area contributed by atoms with Crippen LogP contribution < -0.4 is 10.6 Å². The molecular weight excluding hydrogens is 262 g/mol. The highest BCUT2D eigenvalue weighted by atomic mass is 15.2. The van der Waals surface area contributed by atoms with E-state index in [0.29, 0.717) is 0 Å². The number of anilines is 1. The molecule has 0 radical (unpaired) electrons. The van der Waals surface area contributed by atoms with Gasteiger partial charge in [0.25, 0.3) is 0 Å². The SMILES string of the molecule is CCC(N)Cc1cnc(N(CC)Cc2ccncc2)nc1. The lowest BCUT2D eigenvalue weighted by molar-refractivity contribution is 0.642. The highest BCUT2D eigenvalue weighted by Gasteiger charge is 2.09. The van der Waals surface area contributed by atoms with Gasteiger partial charge in [0.15, 0.2) is 0 Å². The molecule has 5 heteroatoms. The van der Waals surface area contributed by atoms with Crippen LogP contribution in [0.5, 0.6) is 0 Å². The van der Waals surface area contributed by atoms with E-state index in [1.54, 1.807) is 12.4 Å². The maximum Gasteiger partial charge on any atom is 0.225 e. The van der Waals surface area contributed by atoms with Gasteiger partial charge in [0.05, 0.1) is 0 Å². The number of pyridine rings is 1. The van der Waals surface area contributed by atoms with Crippen LogP contribution in [0.15, 0.2) is 36.9 Å². The summed E-state index contributed by atoms with van der Waals surface area (Å²) in [6.07, 6.45) is 9.16. The van der Waals surface area contributed by atoms with Gasteiger partial charge in [-0.25, -0.2) is 9.97 Å². The van der Waals surface area contributed by atoms with Gasteiger partial charge in [-0.1, -0.05) is 6.92 Å². The molecule has 0 saturated carbocycles. The Morgan fingerprint density at radius 2 is 1.76 bits per heavy atom. The molecule has 1 atom stereocenters. The van der Waals surface area contributed by atoms with Gasteiger partial charge in [0.1, 0.15) is 0 Å². The van der Waals surface area contributed by atoms with E-state index in [-0.39, 0.29) is 6.04 Å². The van der Waals surface area contributed by atoms with Crippen LogP contribution in [-0.4, -0.2) is 27.5 Å². The van der Waals surface area contributed by atoms with Gasteiger partial charge in [-0.05, 0) is 43.0 Å². The Morgan fingerprint density at radius 1 is 1.10 bits per heavy atom. The summed E-state index contributed by atoms with van der Waals surface area (Å²) in [7, 11) is 0. The summed E-state index contributed by atoms with van der Waals surface area (Å²) in [4.78, 5) is 15.1. The van der Waals surface area contributed by atoms with Crippen molar-refractivity contribution in [1.29, 1.82) is 0 Å². The molecule has 2 aromatic rings. The Labute approximate surface area is 126 Å². The van der Waals surface area contributed by atoms with Crippen LogP contribution in [0.25, 0.3) is 0 Å². The fraction of sp³-hybridized carbons (Fsp3) is 0.438. The Morgan fingerprint density at radius 3 is 2.33 bits per heavy atom. The fourth-order valence-corrected chi connectivity index (χ4v) is 2.10. The van der Waals surface area contributed by atoms with E-state index in [4.69, 9.17) is 5.73 Å². The molecule has 0 aliphatic carbocycles. The van der Waals surface area contributed by atoms with Crippen molar-refractivity contribution >= 4 is 5.95 Å². The van der Waals surface area contributed by atoms with E-state index >= 15 is 0 Å². The lowest BCUT2D eigenvalue weighted by atomic mass is 10.1. The minimum atomic E-state index is 0.179. The Kier molecular flexibility index (Phi) is 5.63. The molecule has 5 nitrogen and oxygen atoms in total. The Hall–Kier alpha value is -2.01. The molecule has 2 heterocycles. The first-order valence-corrected chi connectivity index (χ1v) is 7.43. The predicted octanol–water partition coefficient (Wildman–Crippen LogP) is 2.18. The van der Waals surface area contributed by atoms with Crippen LogP contribution in [0, 0.1) is 0 Å². The van der Waals surface area contributed by atoms with Crippen molar-refractivity contribution in [3.8, 4) is 0 Å². The van der Waals surface area contributed by atoms with Gasteiger partial charge in [0.2, 0.25) is 5.95 Å². The zero-order chi connectivity index (χ0) is 15.1. The van der Waals surface area contributed by atoms with Crippen molar-refractivity contribution < 1.29 is 0 Å². The van der Waals surface area contributed by atoms with Crippen molar-refractivity contribution in [2.75, 3.05) is 11.4 Å². The lowest BCUT2D eigenvalue weighted by Gasteiger charge is -2.21. The van der Waals surface area contributed by atoms with Crippen LogP contribution in [0.2, 0.25) is 0 Å². The largest absolute Gasteiger partial charge is 0.337 e. The second-order valence-corrected chi connectivity index (χ2v) is 5.13. The average Bonchev–Trinajstić information content (AvgIpc) is 2.54. The van der Waals surface area contributed by atoms with E-state index in [1.807, 2.05) is 24.5 Å². The first-order valence-electron chi connectivity index (χ1n) is 7.43. The van der Waals surface area contributed by atoms with Gasteiger partial charge in [-0.3, -0.25) is 4.98 Å². The summed E-state index contributed by atoms with van der Waals surface area (Å²) in [6.45, 7) is 5.84. The molecule has 21 heavy (non-hydrogen) atoms. The maximum absolute atomic E-state index is 5.96. The van der Waals surface area contributed by atoms with E-state index in [2.05, 4.69) is 33.7 Å². The second-order valence-electron chi connectivity index (χ2n) is 5.13. The molecule has 0 saturated heterocycles. The zero-order valence-electron chi connectivity index (χ0n) is 12.7. The molecule has 0 amide bonds. The van der Waals surface area contributed by atoms with Crippen LogP contribution in [0.4, 0.5) is 5.95 Å². The summed E-state index contributed by atoms with van der Waals surface area (Å²) in [6, 6.07) is 4.20. The smallest absolute Gasteiger partial charge is 0.225 e. The molecule has 0 aliphatic rings. The molecule has 0 spiro atoms. The topological polar surface area (TPSA) is 67.9 Å². The molecule has 0 aromatic carbocycles. The summed E-state index contributed by atoms with van der Waals surface area (Å²) in [5.74, 6) is 0.753. The Balaban J connectivity index is 2.05. The fourth-order valence-electron chi connectivity index (χ4n) is 2.10. The standard InChI is InChI=1S/C16H23N5/c1-3-15(17)9-14-10-19-16(20-11-14)21(4-2)12-13-5-7-18-8-6-13/h5-8,10-11,15H,3-4,9,12,17H2,1-2H3. The molecule has 112 valence electrons. The third-order valence-corrected chi connectivity index (χ3v) is 3.50. The predicted molar refractivity (Wildman–Crippen MR) is 85.0 cm³/mol. The summed E-state index contributed by atoms with van der Waals surface area (Å²) >= 11 is 0. The van der Waals surface area contributed by atoms with Crippen LogP contribution in [-0.2, 0) is 13.0 Å². The molecule has 2 aromatic heterocycles. The quantitative estimate of drug-likeness (QED) is 0.844. The second kappa shape index (κ2) is 7.69. The van der Waals surface area contributed by atoms with E-state index in [1.165, 1.54) is 5.56 Å². The first-order chi connectivity index (χ1) is 10.2. The highest BCUT2D eigenvalue weighted by Crippen LogP contribution is 2.12. The molecule has 0 bridgehead atoms. The van der Waals surface area contributed by atoms with Crippen molar-refractivity contribution in [1.82, 2.24) is 15.0 Å². The number of rotatable bonds is 7. The number of hydrogen-bond acceptors (Lipinski definition) is 5. The third-order valence-electron chi connectivity index (χ3n) is 3.50. The molecule has 0 aliphatic heterocycles. The molecule has 2 N–H and O–H groups in total. The number of aromatic nitrogens is 3. The van der Waals surface area contributed by atoms with E-state index in [0.717, 1.165) is 37.4 Å². The van der Waals surface area contributed by atoms with Gasteiger partial charge < -0.3 is 10.6 Å². The van der Waals surface area contributed by atoms with Crippen molar-refractivity contribution in [3.05, 3.63) is 48.0 Å². The third kappa shape index (κ3) is 4.49. The van der Waals surface area contributed by atoms with Crippen LogP contribution in [0.1, 0.15) is 31.4 Å². The van der Waals surface area contributed by atoms with Gasteiger partial charge in [-0.2, -0.15) is 0 Å². The van der Waals surface area contributed by atoms with E-state index < -0.39 is 0 Å². The maximum atomic E-state index is 5.96. The van der Waals surface area contributed by atoms with Gasteiger partial charge in [-0.15, -0.1) is 0 Å².